The fraction of sp³-hybridized carbons (Fsp3) is 0.364. The Balaban J connectivity index is 1.40. The van der Waals surface area contributed by atoms with Crippen molar-refractivity contribution in [1.29, 1.82) is 0 Å². The van der Waals surface area contributed by atoms with Crippen LogP contribution >= 0.6 is 0 Å². The summed E-state index contributed by atoms with van der Waals surface area (Å²) in [5.74, 6) is 0. The SMILES string of the molecule is Cc1cccc2c1CC(CCCN(C)CCc1ccccc1)=C2. The third-order valence-corrected chi connectivity index (χ3v) is 4.87. The molecule has 0 saturated carbocycles. The van der Waals surface area contributed by atoms with Gasteiger partial charge in [-0.05, 0) is 68.5 Å². The zero-order valence-electron chi connectivity index (χ0n) is 14.4. The van der Waals surface area contributed by atoms with E-state index in [0.717, 1.165) is 19.4 Å². The van der Waals surface area contributed by atoms with Crippen LogP contribution in [0.4, 0.5) is 0 Å². The van der Waals surface area contributed by atoms with E-state index < -0.39 is 0 Å². The van der Waals surface area contributed by atoms with E-state index in [9.17, 15) is 0 Å². The van der Waals surface area contributed by atoms with Gasteiger partial charge >= 0.3 is 0 Å². The van der Waals surface area contributed by atoms with Gasteiger partial charge in [-0.1, -0.05) is 60.2 Å². The molecule has 23 heavy (non-hydrogen) atoms. The molecular weight excluding hydrogens is 278 g/mol. The number of aryl methyl sites for hydroxylation is 1. The van der Waals surface area contributed by atoms with Gasteiger partial charge in [0.15, 0.2) is 0 Å². The maximum atomic E-state index is 2.46. The van der Waals surface area contributed by atoms with Crippen molar-refractivity contribution in [2.45, 2.75) is 32.6 Å². The Bertz CT molecular complexity index is 670. The quantitative estimate of drug-likeness (QED) is 0.704. The summed E-state index contributed by atoms with van der Waals surface area (Å²) in [5, 5.41) is 0. The maximum Gasteiger partial charge on any atom is 0.00188 e. The molecule has 0 aromatic heterocycles. The Kier molecular flexibility index (Phi) is 5.30. The van der Waals surface area contributed by atoms with Crippen LogP contribution in [0.25, 0.3) is 6.08 Å². The van der Waals surface area contributed by atoms with Gasteiger partial charge < -0.3 is 4.90 Å². The predicted molar refractivity (Wildman–Crippen MR) is 99.7 cm³/mol. The molecule has 120 valence electrons. The van der Waals surface area contributed by atoms with Gasteiger partial charge in [0.1, 0.15) is 0 Å². The van der Waals surface area contributed by atoms with E-state index >= 15 is 0 Å². The molecule has 0 amide bonds. The lowest BCUT2D eigenvalue weighted by Crippen LogP contribution is -2.22. The van der Waals surface area contributed by atoms with E-state index in [0.29, 0.717) is 0 Å². The molecule has 0 heterocycles. The van der Waals surface area contributed by atoms with Crippen LogP contribution in [0.2, 0.25) is 0 Å². The van der Waals surface area contributed by atoms with Crippen molar-refractivity contribution < 1.29 is 0 Å². The molecule has 0 saturated heterocycles. The first-order valence-electron chi connectivity index (χ1n) is 8.73. The van der Waals surface area contributed by atoms with E-state index in [4.69, 9.17) is 0 Å². The molecule has 0 aliphatic heterocycles. The molecule has 1 nitrogen and oxygen atoms in total. The van der Waals surface area contributed by atoms with Crippen molar-refractivity contribution >= 4 is 6.08 Å². The molecule has 0 atom stereocenters. The molecule has 0 bridgehead atoms. The summed E-state index contributed by atoms with van der Waals surface area (Å²) in [4.78, 5) is 2.46. The Hall–Kier alpha value is -1.86. The van der Waals surface area contributed by atoms with Crippen molar-refractivity contribution in [3.05, 3.63) is 76.4 Å². The van der Waals surface area contributed by atoms with Gasteiger partial charge in [0.2, 0.25) is 0 Å². The monoisotopic (exact) mass is 305 g/mol. The summed E-state index contributed by atoms with van der Waals surface area (Å²) >= 11 is 0. The van der Waals surface area contributed by atoms with E-state index in [2.05, 4.69) is 73.5 Å². The number of rotatable bonds is 7. The first kappa shape index (κ1) is 16.0. The van der Waals surface area contributed by atoms with Crippen molar-refractivity contribution in [3.8, 4) is 0 Å². The molecule has 0 unspecified atom stereocenters. The van der Waals surface area contributed by atoms with Gasteiger partial charge in [-0.2, -0.15) is 0 Å². The largest absolute Gasteiger partial charge is 0.306 e. The van der Waals surface area contributed by atoms with Gasteiger partial charge in [-0.15, -0.1) is 0 Å². The van der Waals surface area contributed by atoms with Crippen LogP contribution in [-0.2, 0) is 12.8 Å². The van der Waals surface area contributed by atoms with Crippen LogP contribution < -0.4 is 0 Å². The fourth-order valence-corrected chi connectivity index (χ4v) is 3.41. The molecule has 2 aromatic rings. The third-order valence-electron chi connectivity index (χ3n) is 4.87. The second-order valence-corrected chi connectivity index (χ2v) is 6.76. The predicted octanol–water partition coefficient (Wildman–Crippen LogP) is 4.89. The average molecular weight is 305 g/mol. The normalized spacial score (nSPS) is 13.3. The van der Waals surface area contributed by atoms with Crippen LogP contribution in [0.1, 0.15) is 35.1 Å². The number of benzene rings is 2. The maximum absolute atomic E-state index is 2.46. The van der Waals surface area contributed by atoms with Gasteiger partial charge in [-0.3, -0.25) is 0 Å². The highest BCUT2D eigenvalue weighted by atomic mass is 15.1. The number of allylic oxidation sites excluding steroid dienone is 1. The highest BCUT2D eigenvalue weighted by molar-refractivity contribution is 5.65. The second-order valence-electron chi connectivity index (χ2n) is 6.76. The lowest BCUT2D eigenvalue weighted by Gasteiger charge is -2.16. The molecule has 0 fully saturated rings. The topological polar surface area (TPSA) is 3.24 Å². The smallest absolute Gasteiger partial charge is 0.00188 e. The van der Waals surface area contributed by atoms with Gasteiger partial charge in [0.05, 0.1) is 0 Å². The van der Waals surface area contributed by atoms with Gasteiger partial charge in [-0.25, -0.2) is 0 Å². The molecular formula is C22H27N. The highest BCUT2D eigenvalue weighted by Crippen LogP contribution is 2.29. The lowest BCUT2D eigenvalue weighted by molar-refractivity contribution is 0.333. The first-order chi connectivity index (χ1) is 11.2. The van der Waals surface area contributed by atoms with E-state index in [1.807, 2.05) is 0 Å². The van der Waals surface area contributed by atoms with Crippen molar-refractivity contribution in [2.75, 3.05) is 20.1 Å². The van der Waals surface area contributed by atoms with Crippen molar-refractivity contribution in [2.24, 2.45) is 0 Å². The standard InChI is InChI=1S/C22H27N/c1-18-8-6-12-21-16-20(17-22(18)21)11-7-14-23(2)15-13-19-9-4-3-5-10-19/h3-6,8-10,12,16H,7,11,13-15,17H2,1-2H3. The first-order valence-corrected chi connectivity index (χ1v) is 8.73. The minimum absolute atomic E-state index is 1.14. The van der Waals surface area contributed by atoms with Crippen molar-refractivity contribution in [1.82, 2.24) is 4.90 Å². The number of fused-ring (bicyclic) bond motifs is 1. The Morgan fingerprint density at radius 1 is 0.913 bits per heavy atom. The number of hydrogen-bond donors (Lipinski definition) is 0. The summed E-state index contributed by atoms with van der Waals surface area (Å²) in [6.07, 6.45) is 7.20. The number of likely N-dealkylation sites (N-methyl/N-ethyl adjacent to an activating group) is 1. The van der Waals surface area contributed by atoms with E-state index in [-0.39, 0.29) is 0 Å². The van der Waals surface area contributed by atoms with Crippen LogP contribution in [0.3, 0.4) is 0 Å². The summed E-state index contributed by atoms with van der Waals surface area (Å²) in [6.45, 7) is 4.55. The highest BCUT2D eigenvalue weighted by Gasteiger charge is 2.13. The third kappa shape index (κ3) is 4.33. The average Bonchev–Trinajstić information content (AvgIpc) is 2.98. The van der Waals surface area contributed by atoms with Crippen molar-refractivity contribution in [3.63, 3.8) is 0 Å². The summed E-state index contributed by atoms with van der Waals surface area (Å²) in [5.41, 5.74) is 7.46. The van der Waals surface area contributed by atoms with E-state index in [1.165, 1.54) is 36.1 Å². The summed E-state index contributed by atoms with van der Waals surface area (Å²) in [7, 11) is 2.24. The number of nitrogens with zero attached hydrogens (tertiary/aromatic N) is 1. The Labute approximate surface area is 140 Å². The molecule has 1 aliphatic rings. The molecule has 1 aliphatic carbocycles. The summed E-state index contributed by atoms with van der Waals surface area (Å²) in [6, 6.07) is 17.4. The Morgan fingerprint density at radius 2 is 1.74 bits per heavy atom. The van der Waals surface area contributed by atoms with Gasteiger partial charge in [0.25, 0.3) is 0 Å². The van der Waals surface area contributed by atoms with Crippen LogP contribution in [0.5, 0.6) is 0 Å². The van der Waals surface area contributed by atoms with Gasteiger partial charge in [0, 0.05) is 6.54 Å². The molecule has 3 rings (SSSR count). The van der Waals surface area contributed by atoms with E-state index in [1.54, 1.807) is 11.1 Å². The molecule has 0 N–H and O–H groups in total. The zero-order chi connectivity index (χ0) is 16.1. The minimum Gasteiger partial charge on any atom is -0.306 e. The van der Waals surface area contributed by atoms with Crippen LogP contribution in [0.15, 0.2) is 54.1 Å². The molecule has 2 aromatic carbocycles. The zero-order valence-corrected chi connectivity index (χ0v) is 14.4. The Morgan fingerprint density at radius 3 is 2.52 bits per heavy atom. The van der Waals surface area contributed by atoms with Crippen LogP contribution in [0, 0.1) is 6.92 Å². The fourth-order valence-electron chi connectivity index (χ4n) is 3.41. The number of hydrogen-bond acceptors (Lipinski definition) is 1. The molecule has 0 spiro atoms. The molecule has 1 heteroatoms. The second kappa shape index (κ2) is 7.61. The summed E-state index contributed by atoms with van der Waals surface area (Å²) < 4.78 is 0. The minimum atomic E-state index is 1.14. The lowest BCUT2D eigenvalue weighted by atomic mass is 10.0. The molecule has 0 radical (unpaired) electrons. The van der Waals surface area contributed by atoms with Crippen LogP contribution in [-0.4, -0.2) is 25.0 Å².